The van der Waals surface area contributed by atoms with Crippen molar-refractivity contribution in [1.82, 2.24) is 0 Å². The van der Waals surface area contributed by atoms with Crippen molar-refractivity contribution in [2.24, 2.45) is 0 Å². The van der Waals surface area contributed by atoms with Gasteiger partial charge < -0.3 is 28.8 Å². The Hall–Kier alpha value is -3.73. The zero-order chi connectivity index (χ0) is 24.6. The Morgan fingerprint density at radius 1 is 0.879 bits per heavy atom. The molecule has 0 radical (unpaired) electrons. The van der Waals surface area contributed by atoms with E-state index in [0.717, 1.165) is 5.41 Å². The van der Waals surface area contributed by atoms with Gasteiger partial charge in [0.25, 0.3) is 0 Å². The van der Waals surface area contributed by atoms with E-state index in [1.54, 1.807) is 12.1 Å². The summed E-state index contributed by atoms with van der Waals surface area (Å²) >= 11 is 0. The zero-order valence-corrected chi connectivity index (χ0v) is 19.3. The van der Waals surface area contributed by atoms with Crippen LogP contribution in [-0.4, -0.2) is 53.9 Å². The van der Waals surface area contributed by atoms with Gasteiger partial charge in [0.15, 0.2) is 21.3 Å². The predicted molar refractivity (Wildman–Crippen MR) is 119 cm³/mol. The lowest BCUT2D eigenvalue weighted by molar-refractivity contribution is -0.145. The molecule has 0 unspecified atom stereocenters. The van der Waals surface area contributed by atoms with E-state index in [2.05, 4.69) is 0 Å². The summed E-state index contributed by atoms with van der Waals surface area (Å²) in [7, 11) is 1.90. The topological polar surface area (TPSA) is 135 Å². The molecular formula is C22H24O10S. The number of esters is 1. The fourth-order valence-corrected chi connectivity index (χ4v) is 3.91. The Bertz CT molecular complexity index is 1130. The van der Waals surface area contributed by atoms with Gasteiger partial charge in [0.05, 0.1) is 39.8 Å². The van der Waals surface area contributed by atoms with Crippen LogP contribution in [-0.2, 0) is 25.2 Å². The fourth-order valence-electron chi connectivity index (χ4n) is 2.82. The minimum Gasteiger partial charge on any atom is -0.496 e. The van der Waals surface area contributed by atoms with Crippen LogP contribution in [0.5, 0.6) is 28.7 Å². The lowest BCUT2D eigenvalue weighted by atomic mass is 10.1. The van der Waals surface area contributed by atoms with E-state index in [0.29, 0.717) is 28.4 Å². The summed E-state index contributed by atoms with van der Waals surface area (Å²) in [6.45, 7) is 0. The zero-order valence-electron chi connectivity index (χ0n) is 18.5. The number of carbonyl (C=O) groups excluding carboxylic acids is 1. The fraction of sp³-hybridized carbons (Fsp3) is 0.273. The molecule has 0 aliphatic rings. The molecule has 0 heterocycles. The van der Waals surface area contributed by atoms with Crippen molar-refractivity contribution in [3.63, 3.8) is 0 Å². The summed E-state index contributed by atoms with van der Waals surface area (Å²) in [6, 6.07) is 7.41. The van der Waals surface area contributed by atoms with Gasteiger partial charge in [-0.25, -0.2) is 8.42 Å². The molecule has 0 saturated carbocycles. The highest BCUT2D eigenvalue weighted by Gasteiger charge is 2.17. The van der Waals surface area contributed by atoms with Gasteiger partial charge >= 0.3 is 11.9 Å². The maximum absolute atomic E-state index is 12.7. The average molecular weight is 480 g/mol. The van der Waals surface area contributed by atoms with Gasteiger partial charge in [-0.15, -0.1) is 0 Å². The number of sulfone groups is 1. The van der Waals surface area contributed by atoms with E-state index in [1.807, 2.05) is 0 Å². The third kappa shape index (κ3) is 7.14. The first kappa shape index (κ1) is 25.5. The largest absolute Gasteiger partial charge is 0.496 e. The standard InChI is InChI=1S/C22H24O10S/c1-28-15-10-18(30-3)16(19(11-15)31-4)7-8-33(26,27)13-14-5-6-17(29-2)20(9-14)32-22(25)12-21(23)24/h5-11H,12-13H2,1-4H3,(H,23,24)/b8-7+. The summed E-state index contributed by atoms with van der Waals surface area (Å²) in [4.78, 5) is 22.4. The number of hydrogen-bond donors (Lipinski definition) is 1. The van der Waals surface area contributed by atoms with Crippen LogP contribution in [0, 0.1) is 0 Å². The second kappa shape index (κ2) is 11.2. The van der Waals surface area contributed by atoms with Crippen molar-refractivity contribution in [2.45, 2.75) is 12.2 Å². The molecule has 1 N–H and O–H groups in total. The summed E-state index contributed by atoms with van der Waals surface area (Å²) in [5.74, 6) is -1.53. The molecule has 0 saturated heterocycles. The lowest BCUT2D eigenvalue weighted by Gasteiger charge is -2.12. The first-order valence-corrected chi connectivity index (χ1v) is 11.1. The van der Waals surface area contributed by atoms with Crippen molar-refractivity contribution in [1.29, 1.82) is 0 Å². The van der Waals surface area contributed by atoms with E-state index < -0.39 is 33.9 Å². The van der Waals surface area contributed by atoms with Crippen LogP contribution >= 0.6 is 0 Å². The molecule has 178 valence electrons. The van der Waals surface area contributed by atoms with Crippen molar-refractivity contribution in [3.05, 3.63) is 46.9 Å². The molecule has 33 heavy (non-hydrogen) atoms. The molecule has 0 atom stereocenters. The molecule has 0 aromatic heterocycles. The number of carbonyl (C=O) groups is 2. The van der Waals surface area contributed by atoms with Gasteiger partial charge in [-0.05, 0) is 23.8 Å². The lowest BCUT2D eigenvalue weighted by Crippen LogP contribution is -2.14. The Balaban J connectivity index is 2.31. The molecule has 2 aromatic rings. The first-order chi connectivity index (χ1) is 15.6. The van der Waals surface area contributed by atoms with E-state index in [9.17, 15) is 18.0 Å². The van der Waals surface area contributed by atoms with Crippen LogP contribution < -0.4 is 23.7 Å². The first-order valence-electron chi connectivity index (χ1n) is 9.42. The molecule has 0 spiro atoms. The number of rotatable bonds is 11. The second-order valence-electron chi connectivity index (χ2n) is 6.59. The van der Waals surface area contributed by atoms with E-state index in [-0.39, 0.29) is 11.5 Å². The summed E-state index contributed by atoms with van der Waals surface area (Å²) < 4.78 is 51.3. The average Bonchev–Trinajstić information content (AvgIpc) is 2.76. The molecule has 0 bridgehead atoms. The van der Waals surface area contributed by atoms with Crippen molar-refractivity contribution >= 4 is 27.9 Å². The summed E-state index contributed by atoms with van der Waals surface area (Å²) in [5.41, 5.74) is 0.703. The quantitative estimate of drug-likeness (QED) is 0.290. The van der Waals surface area contributed by atoms with E-state index >= 15 is 0 Å². The Labute approximate surface area is 191 Å². The van der Waals surface area contributed by atoms with Crippen LogP contribution in [0.3, 0.4) is 0 Å². The second-order valence-corrected chi connectivity index (χ2v) is 8.47. The molecule has 0 aliphatic carbocycles. The monoisotopic (exact) mass is 480 g/mol. The van der Waals surface area contributed by atoms with Crippen LogP contribution in [0.25, 0.3) is 6.08 Å². The number of methoxy groups -OCH3 is 4. The number of ether oxygens (including phenoxy) is 5. The van der Waals surface area contributed by atoms with Gasteiger partial charge in [0.1, 0.15) is 23.7 Å². The van der Waals surface area contributed by atoms with Gasteiger partial charge in [-0.3, -0.25) is 9.59 Å². The summed E-state index contributed by atoms with van der Waals surface area (Å²) in [5, 5.41) is 9.72. The minimum absolute atomic E-state index is 0.0843. The van der Waals surface area contributed by atoms with Crippen LogP contribution in [0.15, 0.2) is 35.7 Å². The minimum atomic E-state index is -3.78. The third-order valence-electron chi connectivity index (χ3n) is 4.31. The van der Waals surface area contributed by atoms with Gasteiger partial charge in [-0.2, -0.15) is 0 Å². The molecule has 2 rings (SSSR count). The number of hydrogen-bond acceptors (Lipinski definition) is 9. The molecule has 0 amide bonds. The molecule has 0 aliphatic heterocycles. The third-order valence-corrected chi connectivity index (χ3v) is 5.60. The predicted octanol–water partition coefficient (Wildman–Crippen LogP) is 2.69. The van der Waals surface area contributed by atoms with E-state index in [4.69, 9.17) is 28.8 Å². The van der Waals surface area contributed by atoms with E-state index in [1.165, 1.54) is 52.7 Å². The summed E-state index contributed by atoms with van der Waals surface area (Å²) in [6.07, 6.45) is 0.504. The highest BCUT2D eigenvalue weighted by Crippen LogP contribution is 2.35. The van der Waals surface area contributed by atoms with Gasteiger partial charge in [0.2, 0.25) is 0 Å². The van der Waals surface area contributed by atoms with Crippen LogP contribution in [0.1, 0.15) is 17.5 Å². The van der Waals surface area contributed by atoms with Crippen LogP contribution in [0.2, 0.25) is 0 Å². The smallest absolute Gasteiger partial charge is 0.322 e. The molecule has 2 aromatic carbocycles. The van der Waals surface area contributed by atoms with Crippen LogP contribution in [0.4, 0.5) is 0 Å². The molecule has 11 heteroatoms. The normalized spacial score (nSPS) is 11.2. The van der Waals surface area contributed by atoms with Gasteiger partial charge in [0, 0.05) is 17.5 Å². The van der Waals surface area contributed by atoms with Gasteiger partial charge in [-0.1, -0.05) is 6.07 Å². The number of carboxylic acid groups (broad SMARTS) is 1. The number of benzene rings is 2. The van der Waals surface area contributed by atoms with Crippen molar-refractivity contribution < 1.29 is 46.8 Å². The highest BCUT2D eigenvalue weighted by atomic mass is 32.2. The maximum atomic E-state index is 12.7. The van der Waals surface area contributed by atoms with Crippen molar-refractivity contribution in [2.75, 3.05) is 28.4 Å². The molecule has 10 nitrogen and oxygen atoms in total. The highest BCUT2D eigenvalue weighted by molar-refractivity contribution is 7.93. The SMILES string of the molecule is COc1cc(OC)c(/C=C/S(=O)(=O)Cc2ccc(OC)c(OC(=O)CC(=O)O)c2)c(OC)c1. The maximum Gasteiger partial charge on any atom is 0.322 e. The number of carboxylic acids is 1. The Morgan fingerprint density at radius 3 is 2.00 bits per heavy atom. The molecule has 0 fully saturated rings. The number of aliphatic carboxylic acids is 1. The Kier molecular flexibility index (Phi) is 8.69. The van der Waals surface area contributed by atoms with Crippen molar-refractivity contribution in [3.8, 4) is 28.7 Å². The molecular weight excluding hydrogens is 456 g/mol. The Morgan fingerprint density at radius 2 is 1.48 bits per heavy atom.